The molecular weight excluding hydrogens is 897 g/mol. The number of furan rings is 2. The second-order valence-corrected chi connectivity index (χ2v) is 19.8. The minimum absolute atomic E-state index is 0.887. The highest BCUT2D eigenvalue weighted by molar-refractivity contribution is 6.28. The summed E-state index contributed by atoms with van der Waals surface area (Å²) in [6.07, 6.45) is 0. The van der Waals surface area contributed by atoms with Gasteiger partial charge in [-0.05, 0) is 152 Å². The highest BCUT2D eigenvalue weighted by atomic mass is 16.3. The van der Waals surface area contributed by atoms with Gasteiger partial charge in [-0.25, -0.2) is 0 Å². The van der Waals surface area contributed by atoms with E-state index in [-0.39, 0.29) is 0 Å². The highest BCUT2D eigenvalue weighted by Gasteiger charge is 2.24. The molecule has 0 atom stereocenters. The average molecular weight is 939 g/mol. The third-order valence-electron chi connectivity index (χ3n) is 15.8. The van der Waals surface area contributed by atoms with Crippen molar-refractivity contribution in [3.05, 3.63) is 255 Å². The number of para-hydroxylation sites is 3. The zero-order valence-corrected chi connectivity index (χ0v) is 40.1. The summed E-state index contributed by atoms with van der Waals surface area (Å²) in [5.74, 6) is 0. The van der Waals surface area contributed by atoms with Crippen LogP contribution in [0.25, 0.3) is 164 Å². The monoisotopic (exact) mass is 938 g/mol. The van der Waals surface area contributed by atoms with Crippen molar-refractivity contribution in [1.82, 2.24) is 0 Å². The molecule has 0 N–H and O–H groups in total. The van der Waals surface area contributed by atoms with Gasteiger partial charge in [0.25, 0.3) is 0 Å². The van der Waals surface area contributed by atoms with E-state index < -0.39 is 0 Å². The smallest absolute Gasteiger partial charge is 0.143 e. The third kappa shape index (κ3) is 6.06. The first-order valence-electron chi connectivity index (χ1n) is 25.5. The van der Waals surface area contributed by atoms with Gasteiger partial charge in [-0.1, -0.05) is 212 Å². The largest absolute Gasteiger partial charge is 0.456 e. The number of benzene rings is 14. The van der Waals surface area contributed by atoms with Crippen LogP contribution < -0.4 is 0 Å². The zero-order valence-electron chi connectivity index (χ0n) is 40.1. The van der Waals surface area contributed by atoms with E-state index in [0.29, 0.717) is 0 Å². The minimum atomic E-state index is 0.887. The maximum atomic E-state index is 6.81. The Kier molecular flexibility index (Phi) is 8.78. The first-order chi connectivity index (χ1) is 36.7. The summed E-state index contributed by atoms with van der Waals surface area (Å²) in [4.78, 5) is 0. The van der Waals surface area contributed by atoms with E-state index in [1.165, 1.54) is 98.0 Å². The standard InChI is InChI=1S/C72H42O2/c1-3-17-45-39-49(33-31-43(45)15-1)67-52-20-5-7-22-54(52)69(60-26-14-30-66-71(60)59-24-10-12-29-65(59)73-66)56-37-35-47(41-62(56)67)48-36-38-57-63(42-48)68(50-34-32-44-16-2-4-18-46(44)40-50)53-21-6-8-23-55(53)70(57)61-27-13-25-58-51-19-9-11-28-64(51)74-72(58)61/h1-42H. The molecule has 342 valence electrons. The quantitative estimate of drug-likeness (QED) is 0.161. The Balaban J connectivity index is 1.01. The summed E-state index contributed by atoms with van der Waals surface area (Å²) in [6, 6.07) is 93.4. The predicted molar refractivity (Wildman–Crippen MR) is 313 cm³/mol. The normalized spacial score (nSPS) is 12.1. The van der Waals surface area contributed by atoms with Gasteiger partial charge in [0, 0.05) is 32.7 Å². The number of hydrogen-bond acceptors (Lipinski definition) is 2. The maximum Gasteiger partial charge on any atom is 0.143 e. The van der Waals surface area contributed by atoms with Gasteiger partial charge in [-0.15, -0.1) is 0 Å². The highest BCUT2D eigenvalue weighted by Crippen LogP contribution is 2.51. The van der Waals surface area contributed by atoms with Gasteiger partial charge < -0.3 is 8.83 Å². The van der Waals surface area contributed by atoms with Crippen LogP contribution in [0.4, 0.5) is 0 Å². The first kappa shape index (κ1) is 40.9. The van der Waals surface area contributed by atoms with Crippen LogP contribution in [0.3, 0.4) is 0 Å². The van der Waals surface area contributed by atoms with Crippen LogP contribution in [-0.4, -0.2) is 0 Å². The van der Waals surface area contributed by atoms with E-state index in [1.807, 2.05) is 0 Å². The third-order valence-corrected chi connectivity index (χ3v) is 15.8. The minimum Gasteiger partial charge on any atom is -0.456 e. The zero-order chi connectivity index (χ0) is 48.4. The molecule has 0 fully saturated rings. The molecule has 0 radical (unpaired) electrons. The Bertz CT molecular complexity index is 5030. The van der Waals surface area contributed by atoms with Gasteiger partial charge in [-0.2, -0.15) is 0 Å². The average Bonchev–Trinajstić information content (AvgIpc) is 4.05. The second kappa shape index (κ2) is 15.9. The van der Waals surface area contributed by atoms with Crippen LogP contribution in [0, 0.1) is 0 Å². The van der Waals surface area contributed by atoms with E-state index >= 15 is 0 Å². The number of fused-ring (bicyclic) bond motifs is 12. The lowest BCUT2D eigenvalue weighted by molar-refractivity contribution is 0.669. The fourth-order valence-electron chi connectivity index (χ4n) is 12.5. The molecule has 0 aliphatic heterocycles. The number of hydrogen-bond donors (Lipinski definition) is 0. The van der Waals surface area contributed by atoms with Crippen molar-refractivity contribution in [2.45, 2.75) is 0 Å². The molecule has 0 aliphatic carbocycles. The molecule has 14 aromatic carbocycles. The molecule has 2 aromatic heterocycles. The molecule has 0 aliphatic rings. The summed E-state index contributed by atoms with van der Waals surface area (Å²) >= 11 is 0. The lowest BCUT2D eigenvalue weighted by atomic mass is 9.82. The Morgan fingerprint density at radius 2 is 0.608 bits per heavy atom. The summed E-state index contributed by atoms with van der Waals surface area (Å²) in [6.45, 7) is 0. The summed E-state index contributed by atoms with van der Waals surface area (Å²) in [5, 5.41) is 18.9. The maximum absolute atomic E-state index is 6.81. The Morgan fingerprint density at radius 3 is 1.20 bits per heavy atom. The lowest BCUT2D eigenvalue weighted by Gasteiger charge is -2.20. The van der Waals surface area contributed by atoms with Gasteiger partial charge in [-0.3, -0.25) is 0 Å². The summed E-state index contributed by atoms with van der Waals surface area (Å²) < 4.78 is 13.4. The molecule has 0 unspecified atom stereocenters. The Hall–Kier alpha value is -9.76. The molecule has 16 aromatic rings. The summed E-state index contributed by atoms with van der Waals surface area (Å²) in [7, 11) is 0. The fourth-order valence-corrected chi connectivity index (χ4v) is 12.5. The molecular formula is C72H42O2. The van der Waals surface area contributed by atoms with Crippen molar-refractivity contribution >= 4 is 109 Å². The van der Waals surface area contributed by atoms with Crippen molar-refractivity contribution in [3.63, 3.8) is 0 Å². The van der Waals surface area contributed by atoms with Crippen LogP contribution in [0.5, 0.6) is 0 Å². The molecule has 0 amide bonds. The van der Waals surface area contributed by atoms with E-state index in [0.717, 1.165) is 66.1 Å². The molecule has 2 heterocycles. The van der Waals surface area contributed by atoms with Gasteiger partial charge in [0.15, 0.2) is 0 Å². The van der Waals surface area contributed by atoms with Crippen LogP contribution in [0.2, 0.25) is 0 Å². The number of rotatable bonds is 5. The van der Waals surface area contributed by atoms with Gasteiger partial charge in [0.05, 0.1) is 0 Å². The van der Waals surface area contributed by atoms with E-state index in [4.69, 9.17) is 8.83 Å². The van der Waals surface area contributed by atoms with Crippen molar-refractivity contribution in [1.29, 1.82) is 0 Å². The van der Waals surface area contributed by atoms with E-state index in [1.54, 1.807) is 0 Å². The molecule has 0 bridgehead atoms. The van der Waals surface area contributed by atoms with Crippen LogP contribution in [0.15, 0.2) is 264 Å². The van der Waals surface area contributed by atoms with Crippen LogP contribution in [0.1, 0.15) is 0 Å². The molecule has 74 heavy (non-hydrogen) atoms. The van der Waals surface area contributed by atoms with Crippen LogP contribution >= 0.6 is 0 Å². The Labute approximate surface area is 425 Å². The molecule has 2 nitrogen and oxygen atoms in total. The first-order valence-corrected chi connectivity index (χ1v) is 25.5. The van der Waals surface area contributed by atoms with Gasteiger partial charge in [0.2, 0.25) is 0 Å². The Morgan fingerprint density at radius 1 is 0.203 bits per heavy atom. The SMILES string of the molecule is c1ccc2cc(-c3c4ccccc4c(-c4cccc5c4oc4ccccc45)c4ccc(-c5ccc6c(-c7cccc8oc9ccccc9c78)c7ccccc7c(-c7ccc8ccccc8c7)c6c5)cc34)ccc2c1. The van der Waals surface area contributed by atoms with Crippen molar-refractivity contribution in [2.75, 3.05) is 0 Å². The van der Waals surface area contributed by atoms with Gasteiger partial charge in [0.1, 0.15) is 22.3 Å². The topological polar surface area (TPSA) is 26.3 Å². The van der Waals surface area contributed by atoms with E-state index in [9.17, 15) is 0 Å². The summed E-state index contributed by atoms with van der Waals surface area (Å²) in [5.41, 5.74) is 15.3. The fraction of sp³-hybridized carbons (Fsp3) is 0. The predicted octanol–water partition coefficient (Wildman–Crippen LogP) is 20.7. The lowest BCUT2D eigenvalue weighted by Crippen LogP contribution is -1.93. The van der Waals surface area contributed by atoms with Crippen molar-refractivity contribution < 1.29 is 8.83 Å². The molecule has 0 saturated carbocycles. The van der Waals surface area contributed by atoms with E-state index in [2.05, 4.69) is 255 Å². The molecule has 2 heteroatoms. The molecule has 0 saturated heterocycles. The van der Waals surface area contributed by atoms with Crippen LogP contribution in [-0.2, 0) is 0 Å². The van der Waals surface area contributed by atoms with Gasteiger partial charge >= 0.3 is 0 Å². The van der Waals surface area contributed by atoms with Crippen molar-refractivity contribution in [3.8, 4) is 55.6 Å². The molecule has 16 rings (SSSR count). The van der Waals surface area contributed by atoms with Crippen molar-refractivity contribution in [2.24, 2.45) is 0 Å². The molecule has 0 spiro atoms. The second-order valence-electron chi connectivity index (χ2n) is 19.8.